The van der Waals surface area contributed by atoms with Crippen molar-refractivity contribution in [1.29, 1.82) is 0 Å². The number of imidazole rings is 1. The molecule has 0 fully saturated rings. The molecule has 1 unspecified atom stereocenters. The second kappa shape index (κ2) is 12.4. The van der Waals surface area contributed by atoms with Crippen molar-refractivity contribution < 1.29 is 0 Å². The first-order chi connectivity index (χ1) is 12.3. The third kappa shape index (κ3) is 8.33. The average Bonchev–Trinajstić information content (AvgIpc) is 3.14. The normalized spacial score (nSPS) is 12.4. The molecule has 2 aromatic rings. The topological polar surface area (TPSA) is 17.8 Å². The van der Waals surface area contributed by atoms with E-state index in [9.17, 15) is 0 Å². The van der Waals surface area contributed by atoms with Gasteiger partial charge in [0.25, 0.3) is 0 Å². The van der Waals surface area contributed by atoms with Gasteiger partial charge in [-0.3, -0.25) is 0 Å². The Kier molecular flexibility index (Phi) is 10.1. The van der Waals surface area contributed by atoms with Gasteiger partial charge in [-0.05, 0) is 42.7 Å². The molecule has 2 nitrogen and oxygen atoms in total. The van der Waals surface area contributed by atoms with Crippen molar-refractivity contribution in [2.45, 2.75) is 70.1 Å². The summed E-state index contributed by atoms with van der Waals surface area (Å²) in [5.41, 5.74) is 1.43. The van der Waals surface area contributed by atoms with Gasteiger partial charge in [0, 0.05) is 29.2 Å². The fraction of sp³-hybridized carbons (Fsp3) is 0.571. The maximum Gasteiger partial charge on any atom is 0.0945 e. The highest BCUT2D eigenvalue weighted by atomic mass is 35.5. The molecule has 25 heavy (non-hydrogen) atoms. The summed E-state index contributed by atoms with van der Waals surface area (Å²) in [6, 6.07) is 8.47. The van der Waals surface area contributed by atoms with E-state index >= 15 is 0 Å². The highest BCUT2D eigenvalue weighted by Crippen LogP contribution is 2.35. The summed E-state index contributed by atoms with van der Waals surface area (Å²) in [6.45, 7) is 3.35. The van der Waals surface area contributed by atoms with E-state index in [2.05, 4.69) is 40.4 Å². The van der Waals surface area contributed by atoms with E-state index < -0.39 is 0 Å². The van der Waals surface area contributed by atoms with Gasteiger partial charge in [-0.1, -0.05) is 62.8 Å². The van der Waals surface area contributed by atoms with Gasteiger partial charge in [0.1, 0.15) is 0 Å². The molecular formula is C21H31ClN2S. The lowest BCUT2D eigenvalue weighted by molar-refractivity contribution is 0.569. The lowest BCUT2D eigenvalue weighted by atomic mass is 10.1. The molecule has 138 valence electrons. The largest absolute Gasteiger partial charge is 0.337 e. The maximum absolute atomic E-state index is 6.06. The summed E-state index contributed by atoms with van der Waals surface area (Å²) in [5.74, 6) is 1.27. The average molecular weight is 379 g/mol. The third-order valence-corrected chi connectivity index (χ3v) is 6.19. The number of hydrogen-bond donors (Lipinski definition) is 0. The van der Waals surface area contributed by atoms with E-state index in [1.54, 1.807) is 0 Å². The van der Waals surface area contributed by atoms with Crippen molar-refractivity contribution in [3.63, 3.8) is 0 Å². The summed E-state index contributed by atoms with van der Waals surface area (Å²) in [6.07, 6.45) is 16.2. The monoisotopic (exact) mass is 378 g/mol. The molecule has 0 bridgehead atoms. The molecule has 0 aliphatic heterocycles. The van der Waals surface area contributed by atoms with E-state index in [0.29, 0.717) is 5.25 Å². The lowest BCUT2D eigenvalue weighted by Crippen LogP contribution is -1.98. The van der Waals surface area contributed by atoms with Crippen LogP contribution in [0.15, 0.2) is 43.0 Å². The third-order valence-electron chi connectivity index (χ3n) is 4.50. The number of aromatic nitrogens is 2. The maximum atomic E-state index is 6.06. The van der Waals surface area contributed by atoms with Crippen LogP contribution < -0.4 is 0 Å². The molecule has 0 N–H and O–H groups in total. The number of rotatable bonds is 13. The molecular weight excluding hydrogens is 348 g/mol. The van der Waals surface area contributed by atoms with Crippen LogP contribution in [-0.4, -0.2) is 15.3 Å². The Morgan fingerprint density at radius 2 is 1.84 bits per heavy atom. The van der Waals surface area contributed by atoms with Crippen LogP contribution in [0.1, 0.15) is 69.1 Å². The van der Waals surface area contributed by atoms with Gasteiger partial charge in [0.2, 0.25) is 0 Å². The zero-order valence-corrected chi connectivity index (χ0v) is 16.9. The number of nitrogens with zero attached hydrogens (tertiary/aromatic N) is 2. The van der Waals surface area contributed by atoms with Gasteiger partial charge in [0.15, 0.2) is 0 Å². The minimum Gasteiger partial charge on any atom is -0.337 e. The molecule has 1 atom stereocenters. The molecule has 0 aliphatic rings. The lowest BCUT2D eigenvalue weighted by Gasteiger charge is -2.17. The van der Waals surface area contributed by atoms with Crippen LogP contribution in [0.5, 0.6) is 0 Å². The Morgan fingerprint density at radius 1 is 1.04 bits per heavy atom. The van der Waals surface area contributed by atoms with E-state index in [-0.39, 0.29) is 0 Å². The Hall–Kier alpha value is -0.930. The molecule has 0 spiro atoms. The molecule has 2 rings (SSSR count). The Labute approximate surface area is 162 Å². The van der Waals surface area contributed by atoms with Crippen molar-refractivity contribution in [2.24, 2.45) is 0 Å². The van der Waals surface area contributed by atoms with Crippen LogP contribution in [0.4, 0.5) is 0 Å². The number of hydrogen-bond acceptors (Lipinski definition) is 2. The molecule has 4 heteroatoms. The molecule has 0 saturated carbocycles. The molecule has 1 aromatic carbocycles. The smallest absolute Gasteiger partial charge is 0.0945 e. The molecule has 0 aliphatic carbocycles. The Morgan fingerprint density at radius 3 is 2.56 bits per heavy atom. The number of benzene rings is 1. The minimum atomic E-state index is 0.604. The summed E-state index contributed by atoms with van der Waals surface area (Å²) in [4.78, 5) is 4.10. The van der Waals surface area contributed by atoms with Gasteiger partial charge >= 0.3 is 0 Å². The number of unbranched alkanes of at least 4 members (excludes halogenated alkanes) is 5. The highest BCUT2D eigenvalue weighted by Gasteiger charge is 2.12. The zero-order chi connectivity index (χ0) is 17.7. The molecule has 0 radical (unpaired) electrons. The molecule has 0 saturated heterocycles. The van der Waals surface area contributed by atoms with E-state index in [1.165, 1.54) is 62.7 Å². The van der Waals surface area contributed by atoms with Crippen LogP contribution in [0.25, 0.3) is 0 Å². The standard InChI is InChI=1S/C21H31ClN2S/c1-2-3-4-8-17-25-21(19-10-12-20(22)13-11-19)9-6-5-7-15-24-16-14-23-18-24/h10-14,16,18,21H,2-9,15,17H2,1H3. The van der Waals surface area contributed by atoms with Gasteiger partial charge in [0.05, 0.1) is 6.33 Å². The summed E-state index contributed by atoms with van der Waals surface area (Å²) in [7, 11) is 0. The van der Waals surface area contributed by atoms with Crippen molar-refractivity contribution in [3.05, 3.63) is 53.6 Å². The first kappa shape index (κ1) is 20.4. The van der Waals surface area contributed by atoms with E-state index in [0.717, 1.165) is 11.6 Å². The molecule has 1 heterocycles. The second-order valence-corrected chi connectivity index (χ2v) is 8.37. The number of aryl methyl sites for hydroxylation is 1. The van der Waals surface area contributed by atoms with Gasteiger partial charge < -0.3 is 4.57 Å². The van der Waals surface area contributed by atoms with Crippen LogP contribution >= 0.6 is 23.4 Å². The van der Waals surface area contributed by atoms with Crippen LogP contribution in [0.2, 0.25) is 5.02 Å². The predicted molar refractivity (Wildman–Crippen MR) is 111 cm³/mol. The SMILES string of the molecule is CCCCCCSC(CCCCCn1ccnc1)c1ccc(Cl)cc1. The van der Waals surface area contributed by atoms with E-state index in [1.807, 2.05) is 30.9 Å². The van der Waals surface area contributed by atoms with Crippen LogP contribution in [0, 0.1) is 0 Å². The van der Waals surface area contributed by atoms with E-state index in [4.69, 9.17) is 11.6 Å². The fourth-order valence-electron chi connectivity index (χ4n) is 3.00. The van der Waals surface area contributed by atoms with Gasteiger partial charge in [-0.15, -0.1) is 0 Å². The van der Waals surface area contributed by atoms with Crippen LogP contribution in [0.3, 0.4) is 0 Å². The summed E-state index contributed by atoms with van der Waals surface area (Å²) < 4.78 is 2.17. The zero-order valence-electron chi connectivity index (χ0n) is 15.4. The number of halogens is 1. The molecule has 0 amide bonds. The van der Waals surface area contributed by atoms with Gasteiger partial charge in [-0.2, -0.15) is 11.8 Å². The minimum absolute atomic E-state index is 0.604. The second-order valence-electron chi connectivity index (χ2n) is 6.62. The van der Waals surface area contributed by atoms with Gasteiger partial charge in [-0.25, -0.2) is 4.98 Å². The summed E-state index contributed by atoms with van der Waals surface area (Å²) >= 11 is 8.19. The molecule has 1 aromatic heterocycles. The first-order valence-corrected chi connectivity index (χ1v) is 11.0. The highest BCUT2D eigenvalue weighted by molar-refractivity contribution is 7.99. The summed E-state index contributed by atoms with van der Waals surface area (Å²) in [5, 5.41) is 1.43. The Balaban J connectivity index is 1.73. The van der Waals surface area contributed by atoms with Crippen molar-refractivity contribution in [1.82, 2.24) is 9.55 Å². The quantitative estimate of drug-likeness (QED) is 0.344. The van der Waals surface area contributed by atoms with Crippen LogP contribution in [-0.2, 0) is 6.54 Å². The van der Waals surface area contributed by atoms with Crippen molar-refractivity contribution in [3.8, 4) is 0 Å². The number of thioether (sulfide) groups is 1. The van der Waals surface area contributed by atoms with Crippen molar-refractivity contribution in [2.75, 3.05) is 5.75 Å². The van der Waals surface area contributed by atoms with Crippen molar-refractivity contribution >= 4 is 23.4 Å². The fourth-order valence-corrected chi connectivity index (χ4v) is 4.46. The first-order valence-electron chi connectivity index (χ1n) is 9.62. The predicted octanol–water partition coefficient (Wildman–Crippen LogP) is 7.15. The Bertz CT molecular complexity index is 554.